The van der Waals surface area contributed by atoms with E-state index in [9.17, 15) is 0 Å². The van der Waals surface area contributed by atoms with Gasteiger partial charge in [-0.2, -0.15) is 0 Å². The molecule has 0 saturated carbocycles. The van der Waals surface area contributed by atoms with Crippen molar-refractivity contribution in [2.45, 2.75) is 107 Å². The maximum atomic E-state index is 2.45. The van der Waals surface area contributed by atoms with Crippen LogP contribution in [-0.2, 0) is 0 Å². The van der Waals surface area contributed by atoms with Crippen molar-refractivity contribution in [3.8, 4) is 0 Å². The Hall–Kier alpha value is -2.26. The molecule has 48 heavy (non-hydrogen) atoms. The van der Waals surface area contributed by atoms with Crippen LogP contribution in [0.2, 0.25) is 0 Å². The summed E-state index contributed by atoms with van der Waals surface area (Å²) in [6, 6.07) is 19.6. The topological polar surface area (TPSA) is 0 Å². The quantitative estimate of drug-likeness (QED) is 0.171. The molecular weight excluding hydrogens is 614 g/mol. The Morgan fingerprint density at radius 3 is 0.667 bits per heavy atom. The van der Waals surface area contributed by atoms with Crippen LogP contribution in [0, 0.1) is 83.1 Å². The van der Waals surface area contributed by atoms with Gasteiger partial charge in [0.25, 0.3) is 0 Å². The molecule has 0 N–H and O–H groups in total. The average Bonchev–Trinajstić information content (AvgIpc) is 3.54. The van der Waals surface area contributed by atoms with E-state index in [1.165, 1.54) is 104 Å². The van der Waals surface area contributed by atoms with Gasteiger partial charge in [-0.3, -0.25) is 0 Å². The molecule has 4 atom stereocenters. The lowest BCUT2D eigenvalue weighted by atomic mass is 9.77. The summed E-state index contributed by atoms with van der Waals surface area (Å²) in [4.78, 5) is 0. The SMILES string of the molecule is Cc1cc(C)c([C@H]2CP(CCP3C[C@H](c4c(C)cc(C)cc4C)[C@@H](c4c(C)cc(C)cc4C)C3)C[C@@H]2c2c(C)cc(C)cc2C)c(C)c1. The largest absolute Gasteiger partial charge is 0.105 e. The first kappa shape index (κ1) is 35.6. The van der Waals surface area contributed by atoms with Crippen molar-refractivity contribution in [3.63, 3.8) is 0 Å². The molecule has 2 heteroatoms. The summed E-state index contributed by atoms with van der Waals surface area (Å²) < 4.78 is 0. The predicted molar refractivity (Wildman–Crippen MR) is 217 cm³/mol. The molecule has 6 rings (SSSR count). The summed E-state index contributed by atoms with van der Waals surface area (Å²) in [5.74, 6) is 2.57. The number of benzene rings is 4. The third-order valence-electron chi connectivity index (χ3n) is 12.0. The molecule has 0 spiro atoms. The van der Waals surface area contributed by atoms with Crippen molar-refractivity contribution < 1.29 is 0 Å². The fraction of sp³-hybridized carbons (Fsp3) is 0.478. The molecule has 2 aliphatic heterocycles. The summed E-state index contributed by atoms with van der Waals surface area (Å²) in [6.45, 7) is 28.1. The first-order valence-corrected chi connectivity index (χ1v) is 22.3. The maximum Gasteiger partial charge on any atom is -0.00449 e. The second-order valence-electron chi connectivity index (χ2n) is 16.2. The van der Waals surface area contributed by atoms with E-state index >= 15 is 0 Å². The van der Waals surface area contributed by atoms with E-state index in [-0.39, 0.29) is 15.8 Å². The van der Waals surface area contributed by atoms with Crippen LogP contribution in [0.1, 0.15) is 113 Å². The lowest BCUT2D eigenvalue weighted by Gasteiger charge is -2.27. The highest BCUT2D eigenvalue weighted by atomic mass is 31.1. The highest BCUT2D eigenvalue weighted by Crippen LogP contribution is 2.63. The first-order chi connectivity index (χ1) is 22.7. The van der Waals surface area contributed by atoms with E-state index in [0.29, 0.717) is 23.7 Å². The van der Waals surface area contributed by atoms with E-state index < -0.39 is 0 Å². The Morgan fingerprint density at radius 1 is 0.333 bits per heavy atom. The molecule has 2 aliphatic rings. The number of rotatable bonds is 7. The summed E-state index contributed by atoms with van der Waals surface area (Å²) in [6.07, 6.45) is 8.53. The lowest BCUT2D eigenvalue weighted by Crippen LogP contribution is -2.14. The van der Waals surface area contributed by atoms with Crippen LogP contribution in [0.3, 0.4) is 0 Å². The zero-order valence-electron chi connectivity index (χ0n) is 32.1. The van der Waals surface area contributed by atoms with Gasteiger partial charge in [-0.1, -0.05) is 70.8 Å². The minimum Gasteiger partial charge on any atom is -0.105 e. The van der Waals surface area contributed by atoms with Gasteiger partial charge < -0.3 is 0 Å². The van der Waals surface area contributed by atoms with Crippen LogP contribution < -0.4 is 0 Å². The van der Waals surface area contributed by atoms with Crippen molar-refractivity contribution in [2.24, 2.45) is 0 Å². The average molecular weight is 675 g/mol. The van der Waals surface area contributed by atoms with Gasteiger partial charge in [0.2, 0.25) is 0 Å². The van der Waals surface area contributed by atoms with Crippen molar-refractivity contribution in [3.05, 3.63) is 138 Å². The summed E-state index contributed by atoms with van der Waals surface area (Å²) >= 11 is 0. The third-order valence-corrected chi connectivity index (χ3v) is 17.7. The number of hydrogen-bond donors (Lipinski definition) is 0. The Balaban J connectivity index is 1.30. The standard InChI is InChI=1S/C46H60P2/c1-27-15-31(5)43(32(6)16-27)39-23-47(24-40(39)44-33(7)17-28(2)18-34(44)8)13-14-48-25-41(45-35(9)19-29(3)20-36(45)10)42(26-48)46-37(11)21-30(4)22-38(46)12/h15-22,39-42H,13-14,23-26H2,1-12H3/t39-,40-,41-,42-/m0/s1. The molecule has 254 valence electrons. The van der Waals surface area contributed by atoms with Crippen LogP contribution >= 0.6 is 15.8 Å². The van der Waals surface area contributed by atoms with E-state index in [1.807, 2.05) is 0 Å². The highest BCUT2D eigenvalue weighted by molar-refractivity contribution is 7.62. The third kappa shape index (κ3) is 7.01. The van der Waals surface area contributed by atoms with Gasteiger partial charge in [-0.05, 0) is 210 Å². The monoisotopic (exact) mass is 674 g/mol. The molecule has 2 fully saturated rings. The van der Waals surface area contributed by atoms with Crippen molar-refractivity contribution in [1.82, 2.24) is 0 Å². The molecule has 2 saturated heterocycles. The van der Waals surface area contributed by atoms with E-state index in [4.69, 9.17) is 0 Å². The molecule has 0 aliphatic carbocycles. The fourth-order valence-electron chi connectivity index (χ4n) is 10.7. The van der Waals surface area contributed by atoms with Crippen LogP contribution in [0.4, 0.5) is 0 Å². The minimum atomic E-state index is -0.00639. The van der Waals surface area contributed by atoms with Gasteiger partial charge in [0.1, 0.15) is 0 Å². The normalized spacial score (nSPS) is 21.8. The van der Waals surface area contributed by atoms with Crippen molar-refractivity contribution >= 4 is 15.8 Å². The molecule has 0 radical (unpaired) electrons. The molecule has 2 heterocycles. The molecular formula is C46H60P2. The van der Waals surface area contributed by atoms with Gasteiger partial charge in [-0.15, -0.1) is 15.8 Å². The smallest absolute Gasteiger partial charge is 0.00449 e. The molecule has 0 amide bonds. The molecule has 0 bridgehead atoms. The second kappa shape index (κ2) is 14.2. The van der Waals surface area contributed by atoms with Crippen molar-refractivity contribution in [2.75, 3.05) is 37.0 Å². The van der Waals surface area contributed by atoms with Gasteiger partial charge in [0, 0.05) is 0 Å². The van der Waals surface area contributed by atoms with Gasteiger partial charge in [-0.25, -0.2) is 0 Å². The summed E-state index contributed by atoms with van der Waals surface area (Å²) in [5.41, 5.74) is 24.4. The zero-order valence-corrected chi connectivity index (χ0v) is 33.9. The minimum absolute atomic E-state index is 0.00639. The summed E-state index contributed by atoms with van der Waals surface area (Å²) in [7, 11) is -0.0128. The van der Waals surface area contributed by atoms with Crippen molar-refractivity contribution in [1.29, 1.82) is 0 Å². The molecule has 0 aromatic heterocycles. The molecule has 4 aromatic rings. The highest BCUT2D eigenvalue weighted by Gasteiger charge is 2.41. The van der Waals surface area contributed by atoms with Crippen LogP contribution in [0.25, 0.3) is 0 Å². The number of aryl methyl sites for hydroxylation is 12. The first-order valence-electron chi connectivity index (χ1n) is 18.5. The molecule has 0 unspecified atom stereocenters. The molecule has 0 nitrogen and oxygen atoms in total. The Kier molecular flexibility index (Phi) is 10.5. The van der Waals surface area contributed by atoms with Gasteiger partial charge >= 0.3 is 0 Å². The van der Waals surface area contributed by atoms with E-state index in [0.717, 1.165) is 0 Å². The Morgan fingerprint density at radius 2 is 0.500 bits per heavy atom. The van der Waals surface area contributed by atoms with Gasteiger partial charge in [0.15, 0.2) is 0 Å². The van der Waals surface area contributed by atoms with Gasteiger partial charge in [0.05, 0.1) is 0 Å². The maximum absolute atomic E-state index is 2.45. The van der Waals surface area contributed by atoms with E-state index in [2.05, 4.69) is 132 Å². The fourth-order valence-corrected chi connectivity index (χ4v) is 18.0. The zero-order chi connectivity index (χ0) is 34.6. The van der Waals surface area contributed by atoms with Crippen LogP contribution in [-0.4, -0.2) is 37.0 Å². The van der Waals surface area contributed by atoms with E-state index in [1.54, 1.807) is 22.3 Å². The summed E-state index contributed by atoms with van der Waals surface area (Å²) in [5, 5.41) is 0. The molecule has 4 aromatic carbocycles. The predicted octanol–water partition coefficient (Wildman–Crippen LogP) is 12.8. The second-order valence-corrected chi connectivity index (χ2v) is 21.2. The van der Waals surface area contributed by atoms with Crippen LogP contribution in [0.15, 0.2) is 48.5 Å². The number of hydrogen-bond acceptors (Lipinski definition) is 0. The van der Waals surface area contributed by atoms with Crippen LogP contribution in [0.5, 0.6) is 0 Å². The Bertz CT molecular complexity index is 1490. The Labute approximate surface area is 296 Å². The lowest BCUT2D eigenvalue weighted by molar-refractivity contribution is 0.651.